The van der Waals surface area contributed by atoms with Crippen LogP contribution in [0.25, 0.3) is 21.5 Å². The fourth-order valence-corrected chi connectivity index (χ4v) is 9.95. The van der Waals surface area contributed by atoms with Crippen molar-refractivity contribution in [1.82, 2.24) is 87.7 Å². The van der Waals surface area contributed by atoms with E-state index in [2.05, 4.69) is 63.3 Å². The van der Waals surface area contributed by atoms with Crippen molar-refractivity contribution in [1.29, 1.82) is 0 Å². The maximum atomic E-state index is 9.87. The van der Waals surface area contributed by atoms with Gasteiger partial charge in [0.25, 0.3) is 11.6 Å². The number of aryl methyl sites for hydroxylation is 8. The van der Waals surface area contributed by atoms with Gasteiger partial charge in [0.1, 0.15) is 71.6 Å². The van der Waals surface area contributed by atoms with E-state index in [0.29, 0.717) is 0 Å². The Balaban J connectivity index is 0.000000230. The second-order valence-electron chi connectivity index (χ2n) is 21.9. The predicted octanol–water partition coefficient (Wildman–Crippen LogP) is 18.2. The van der Waals surface area contributed by atoms with Gasteiger partial charge in [0.05, 0.1) is 36.9 Å². The Morgan fingerprint density at radius 2 is 0.475 bits per heavy atom. The molecule has 0 aliphatic carbocycles. The molecule has 12 aromatic rings. The van der Waals surface area contributed by atoms with E-state index in [4.69, 9.17) is 30.4 Å². The average Bonchev–Trinajstić information content (AvgIpc) is 1.71. The quantitative estimate of drug-likeness (QED) is 0.0514. The SMILES string of the molecule is Cn1ccnc1C(c1nnc([C@H](c2nccn2C)c2[nH]cc[n+]2C)c2ccccc12)c1nccn1C.Cn1ccnc1C(c1nnc([C@H](c2nccn2C)c2[nH]cc[n+]2C)c2ccccc12)c1nccn1C.F[P-](F)(F)(F)(F)F.F[P-](F)(F)(F)(F)F.F[P-](F)(F)(F)(F)F.F[P-](F)(F)(F)(F)F.[Ru+2]. The standard InChI is InChI=1S/2C26H26N10.4F6P.Ru/c2*1-33-13-9-27-23(33)19(24-28-10-14-34(24)2)21-17-7-5-6-8-18(17)22(32-31-21)20(25-29-11-15-35(25)3)26-30-12-16-36(26)4;4*1-7(2,3,4,5)6;/h2*5-16,19-20H,1-4H3;;;;;/q;;4*-1;+2/p+2. The summed E-state index contributed by atoms with van der Waals surface area (Å²) >= 11 is 0. The van der Waals surface area contributed by atoms with Crippen LogP contribution in [0, 0.1) is 0 Å². The van der Waals surface area contributed by atoms with Gasteiger partial charge in [0, 0.05) is 138 Å². The summed E-state index contributed by atoms with van der Waals surface area (Å²) in [5, 5.41) is 23.6. The van der Waals surface area contributed by atoms with Crippen molar-refractivity contribution in [3.8, 4) is 0 Å². The van der Waals surface area contributed by atoms with Gasteiger partial charge in [-0.3, -0.25) is 0 Å². The summed E-state index contributed by atoms with van der Waals surface area (Å²) in [6, 6.07) is 16.6. The molecule has 20 nitrogen and oxygen atoms in total. The number of rotatable bonds is 12. The van der Waals surface area contributed by atoms with Crippen molar-refractivity contribution < 1.29 is 129 Å². The molecule has 2 aromatic carbocycles. The van der Waals surface area contributed by atoms with Crippen LogP contribution < -0.4 is 9.13 Å². The largest absolute Gasteiger partial charge is 2.00 e. The van der Waals surface area contributed by atoms with Crippen molar-refractivity contribution >= 4 is 52.8 Å². The van der Waals surface area contributed by atoms with E-state index in [0.717, 1.165) is 90.9 Å². The molecule has 0 radical (unpaired) electrons. The molecular formula is C52H54F24N20P4Ru. The van der Waals surface area contributed by atoms with Crippen LogP contribution in [0.2, 0.25) is 0 Å². The topological polar surface area (TPSA) is 198 Å². The molecule has 0 bridgehead atoms. The van der Waals surface area contributed by atoms with Crippen LogP contribution in [0.5, 0.6) is 0 Å². The van der Waals surface area contributed by atoms with Gasteiger partial charge in [-0.25, -0.2) is 49.0 Å². The Morgan fingerprint density at radius 1 is 0.307 bits per heavy atom. The van der Waals surface area contributed by atoms with Gasteiger partial charge in [-0.15, -0.1) is 0 Å². The Hall–Kier alpha value is -8.54. The third kappa shape index (κ3) is 26.1. The zero-order valence-electron chi connectivity index (χ0n) is 52.4. The maximum Gasteiger partial charge on any atom is 2.00 e. The molecule has 2 N–H and O–H groups in total. The molecule has 0 unspecified atom stereocenters. The van der Waals surface area contributed by atoms with Crippen LogP contribution in [0.3, 0.4) is 0 Å². The van der Waals surface area contributed by atoms with E-state index >= 15 is 0 Å². The predicted molar refractivity (Wildman–Crippen MR) is 320 cm³/mol. The molecular weight excluding hydrogens is 1590 g/mol. The molecule has 558 valence electrons. The molecule has 0 amide bonds. The van der Waals surface area contributed by atoms with Gasteiger partial charge >= 0.3 is 151 Å². The number of fused-ring (bicyclic) bond motifs is 2. The molecule has 2 atom stereocenters. The van der Waals surface area contributed by atoms with Crippen LogP contribution >= 0.6 is 31.2 Å². The van der Waals surface area contributed by atoms with Crippen molar-refractivity contribution in [3.63, 3.8) is 0 Å². The molecule has 0 saturated carbocycles. The van der Waals surface area contributed by atoms with E-state index in [9.17, 15) is 101 Å². The van der Waals surface area contributed by atoms with Gasteiger partial charge < -0.3 is 27.4 Å². The average molecular weight is 1640 g/mol. The van der Waals surface area contributed by atoms with E-state index in [-0.39, 0.29) is 43.1 Å². The molecule has 0 fully saturated rings. The first-order valence-electron chi connectivity index (χ1n) is 27.5. The van der Waals surface area contributed by atoms with Gasteiger partial charge in [0.2, 0.25) is 0 Å². The number of hydrogen-bond donors (Lipinski definition) is 2. The first-order chi connectivity index (χ1) is 44.9. The number of H-pyrrole nitrogens is 2. The summed E-state index contributed by atoms with van der Waals surface area (Å²) < 4.78 is 253. The molecule has 101 heavy (non-hydrogen) atoms. The number of aromatic nitrogens is 20. The smallest absolute Gasteiger partial charge is 2.00 e. The summed E-state index contributed by atoms with van der Waals surface area (Å²) in [6.45, 7) is 0. The molecule has 0 aliphatic rings. The van der Waals surface area contributed by atoms with Gasteiger partial charge in [-0.2, -0.15) is 20.4 Å². The van der Waals surface area contributed by atoms with Gasteiger partial charge in [-0.1, -0.05) is 48.5 Å². The number of nitrogens with one attached hydrogen (secondary N) is 2. The summed E-state index contributed by atoms with van der Waals surface area (Å²) in [7, 11) is -26.6. The summed E-state index contributed by atoms with van der Waals surface area (Å²) in [5.41, 5.74) is 3.29. The van der Waals surface area contributed by atoms with Crippen molar-refractivity contribution in [2.45, 2.75) is 23.7 Å². The van der Waals surface area contributed by atoms with Crippen molar-refractivity contribution in [2.75, 3.05) is 0 Å². The van der Waals surface area contributed by atoms with Crippen molar-refractivity contribution in [2.24, 2.45) is 56.4 Å². The first kappa shape index (κ1) is 81.4. The fourth-order valence-electron chi connectivity index (χ4n) is 9.95. The Labute approximate surface area is 564 Å². The van der Waals surface area contributed by atoms with Gasteiger partial charge in [0.15, 0.2) is 11.8 Å². The third-order valence-corrected chi connectivity index (χ3v) is 13.6. The second-order valence-corrected chi connectivity index (χ2v) is 29.6. The monoisotopic (exact) mass is 1640 g/mol. The van der Waals surface area contributed by atoms with E-state index in [1.165, 1.54) is 0 Å². The number of benzene rings is 2. The molecule has 0 aliphatic heterocycles. The number of aromatic amines is 2. The van der Waals surface area contributed by atoms with Crippen LogP contribution in [0.15, 0.2) is 148 Å². The number of halogens is 24. The molecule has 10 aromatic heterocycles. The first-order valence-corrected chi connectivity index (χ1v) is 35.7. The number of hydrogen-bond acceptors (Lipinski definition) is 10. The summed E-state index contributed by atoms with van der Waals surface area (Å²) in [6.07, 6.45) is 30.3. The normalized spacial score (nSPS) is 15.4. The molecule has 12 rings (SSSR count). The second kappa shape index (κ2) is 25.5. The summed E-state index contributed by atoms with van der Waals surface area (Å²) in [4.78, 5) is 34.9. The molecule has 49 heteroatoms. The minimum absolute atomic E-state index is 0. The summed E-state index contributed by atoms with van der Waals surface area (Å²) in [5.74, 6) is 6.07. The fraction of sp³-hybridized carbons (Fsp3) is 0.231. The van der Waals surface area contributed by atoms with E-state index < -0.39 is 31.2 Å². The number of nitrogens with zero attached hydrogens (tertiary/aromatic N) is 18. The van der Waals surface area contributed by atoms with Crippen LogP contribution in [0.4, 0.5) is 101 Å². The third-order valence-electron chi connectivity index (χ3n) is 13.6. The zero-order chi connectivity index (χ0) is 75.3. The van der Waals surface area contributed by atoms with Gasteiger partial charge in [-0.05, 0) is 0 Å². The number of imidazole rings is 8. The van der Waals surface area contributed by atoms with Crippen LogP contribution in [-0.2, 0) is 75.9 Å². The minimum atomic E-state index is -10.7. The molecule has 0 saturated heterocycles. The molecule has 0 spiro atoms. The van der Waals surface area contributed by atoms with E-state index in [1.54, 1.807) is 24.8 Å². The van der Waals surface area contributed by atoms with Crippen molar-refractivity contribution in [3.05, 3.63) is 217 Å². The Bertz CT molecular complexity index is 4080. The Morgan fingerprint density at radius 3 is 0.624 bits per heavy atom. The van der Waals surface area contributed by atoms with Crippen LogP contribution in [0.1, 0.15) is 93.0 Å². The van der Waals surface area contributed by atoms with E-state index in [1.807, 2.05) is 182 Å². The molecule has 10 heterocycles. The van der Waals surface area contributed by atoms with Crippen LogP contribution in [-0.4, -0.2) is 87.7 Å². The Kier molecular flexibility index (Phi) is 20.5. The maximum absolute atomic E-state index is 10.7. The zero-order valence-corrected chi connectivity index (χ0v) is 57.7. The minimum Gasteiger partial charge on any atom is 2.00 e.